The lowest BCUT2D eigenvalue weighted by Gasteiger charge is -2.16. The number of carbonyl (C=O) groups is 1. The predicted octanol–water partition coefficient (Wildman–Crippen LogP) is 2.31. The van der Waals surface area contributed by atoms with Gasteiger partial charge in [-0.25, -0.2) is 4.39 Å². The number of halogens is 1. The molecule has 0 heterocycles. The molecule has 1 N–H and O–H groups in total. The third kappa shape index (κ3) is 2.83. The molecule has 13 heavy (non-hydrogen) atoms. The van der Waals surface area contributed by atoms with E-state index in [9.17, 15) is 9.18 Å². The van der Waals surface area contributed by atoms with Gasteiger partial charge in [0.05, 0.1) is 0 Å². The summed E-state index contributed by atoms with van der Waals surface area (Å²) in [6.07, 6.45) is 2.81. The molecule has 0 bridgehead atoms. The Kier molecular flexibility index (Phi) is 3.46. The van der Waals surface area contributed by atoms with E-state index in [4.69, 9.17) is 0 Å². The molecule has 0 unspecified atom stereocenters. The molecule has 0 aromatic heterocycles. The number of hydrogen-bond acceptors (Lipinski definition) is 1. The highest BCUT2D eigenvalue weighted by Crippen LogP contribution is 2.25. The molecule has 1 aliphatic carbocycles. The zero-order valence-electron chi connectivity index (χ0n) is 8.19. The normalized spacial score (nSPS) is 17.8. The summed E-state index contributed by atoms with van der Waals surface area (Å²) < 4.78 is 13.2. The fraction of sp³-hybridized carbons (Fsp3) is 0.700. The van der Waals surface area contributed by atoms with E-state index in [1.54, 1.807) is 0 Å². The Labute approximate surface area is 78.2 Å². The Balaban J connectivity index is 2.64. The van der Waals surface area contributed by atoms with Crippen LogP contribution in [0.2, 0.25) is 0 Å². The van der Waals surface area contributed by atoms with E-state index in [-0.39, 0.29) is 17.8 Å². The molecular formula is C10H16FNO. The summed E-state index contributed by atoms with van der Waals surface area (Å²) in [5.41, 5.74) is 0.361. The smallest absolute Gasteiger partial charge is 0.250 e. The van der Waals surface area contributed by atoms with E-state index in [1.165, 1.54) is 0 Å². The van der Waals surface area contributed by atoms with Gasteiger partial charge in [-0.15, -0.1) is 0 Å². The van der Waals surface area contributed by atoms with Gasteiger partial charge in [-0.3, -0.25) is 4.79 Å². The van der Waals surface area contributed by atoms with Crippen LogP contribution in [0.3, 0.4) is 0 Å². The van der Waals surface area contributed by atoms with Gasteiger partial charge in [-0.05, 0) is 39.5 Å². The third-order valence-electron chi connectivity index (χ3n) is 2.09. The van der Waals surface area contributed by atoms with E-state index >= 15 is 0 Å². The molecule has 1 aliphatic rings. The van der Waals surface area contributed by atoms with E-state index < -0.39 is 0 Å². The quantitative estimate of drug-likeness (QED) is 0.702. The summed E-state index contributed by atoms with van der Waals surface area (Å²) in [4.78, 5) is 11.4. The molecule has 1 amide bonds. The molecule has 0 spiro atoms. The van der Waals surface area contributed by atoms with Crippen LogP contribution < -0.4 is 5.32 Å². The summed E-state index contributed by atoms with van der Waals surface area (Å²) in [7, 11) is 0. The molecule has 1 rings (SSSR count). The van der Waals surface area contributed by atoms with E-state index in [1.807, 2.05) is 13.8 Å². The summed E-state index contributed by atoms with van der Waals surface area (Å²) >= 11 is 0. The predicted molar refractivity (Wildman–Crippen MR) is 49.9 cm³/mol. The zero-order chi connectivity index (χ0) is 9.84. The standard InChI is InChI=1S/C10H16FNO/c1-7(2)12-10(13)8-5-3-4-6-9(8)11/h7H,3-6H2,1-2H3,(H,12,13). The topological polar surface area (TPSA) is 29.1 Å². The first-order valence-electron chi connectivity index (χ1n) is 4.79. The van der Waals surface area contributed by atoms with Crippen molar-refractivity contribution in [2.24, 2.45) is 0 Å². The van der Waals surface area contributed by atoms with Crippen molar-refractivity contribution < 1.29 is 9.18 Å². The maximum atomic E-state index is 13.2. The van der Waals surface area contributed by atoms with Crippen molar-refractivity contribution in [1.29, 1.82) is 0 Å². The Morgan fingerprint density at radius 2 is 2.00 bits per heavy atom. The molecular weight excluding hydrogens is 169 g/mol. The summed E-state index contributed by atoms with van der Waals surface area (Å²) in [6, 6.07) is 0.0785. The molecule has 0 atom stereocenters. The average Bonchev–Trinajstić information content (AvgIpc) is 2.03. The Morgan fingerprint density at radius 3 is 2.54 bits per heavy atom. The highest BCUT2D eigenvalue weighted by Gasteiger charge is 2.19. The van der Waals surface area contributed by atoms with Crippen molar-refractivity contribution >= 4 is 5.91 Å². The van der Waals surface area contributed by atoms with Gasteiger partial charge < -0.3 is 5.32 Å². The van der Waals surface area contributed by atoms with Crippen LogP contribution in [-0.4, -0.2) is 11.9 Å². The van der Waals surface area contributed by atoms with Crippen molar-refractivity contribution in [3.05, 3.63) is 11.4 Å². The maximum Gasteiger partial charge on any atom is 0.250 e. The third-order valence-corrected chi connectivity index (χ3v) is 2.09. The molecule has 2 nitrogen and oxygen atoms in total. The van der Waals surface area contributed by atoms with Crippen LogP contribution in [0.1, 0.15) is 39.5 Å². The largest absolute Gasteiger partial charge is 0.350 e. The summed E-state index contributed by atoms with van der Waals surface area (Å²) in [5.74, 6) is -0.448. The number of nitrogens with one attached hydrogen (secondary N) is 1. The highest BCUT2D eigenvalue weighted by molar-refractivity contribution is 5.94. The number of rotatable bonds is 2. The SMILES string of the molecule is CC(C)NC(=O)C1=C(F)CCCC1. The molecule has 0 aliphatic heterocycles. The zero-order valence-corrected chi connectivity index (χ0v) is 8.19. The fourth-order valence-electron chi connectivity index (χ4n) is 1.45. The first-order valence-corrected chi connectivity index (χ1v) is 4.79. The van der Waals surface area contributed by atoms with Crippen LogP contribution >= 0.6 is 0 Å². The van der Waals surface area contributed by atoms with Crippen molar-refractivity contribution in [2.45, 2.75) is 45.6 Å². The van der Waals surface area contributed by atoms with E-state index in [2.05, 4.69) is 5.32 Å². The molecule has 0 saturated heterocycles. The maximum absolute atomic E-state index is 13.2. The number of hydrogen-bond donors (Lipinski definition) is 1. The molecule has 0 fully saturated rings. The van der Waals surface area contributed by atoms with Gasteiger partial charge in [0.15, 0.2) is 0 Å². The second kappa shape index (κ2) is 4.40. The molecule has 0 radical (unpaired) electrons. The Morgan fingerprint density at radius 1 is 1.38 bits per heavy atom. The highest BCUT2D eigenvalue weighted by atomic mass is 19.1. The van der Waals surface area contributed by atoms with Gasteiger partial charge in [0.2, 0.25) is 5.91 Å². The van der Waals surface area contributed by atoms with Crippen LogP contribution in [0.5, 0.6) is 0 Å². The molecule has 0 aromatic rings. The monoisotopic (exact) mass is 185 g/mol. The number of allylic oxidation sites excluding steroid dienone is 1. The molecule has 74 valence electrons. The van der Waals surface area contributed by atoms with Crippen molar-refractivity contribution in [1.82, 2.24) is 5.32 Å². The number of carbonyl (C=O) groups excluding carboxylic acids is 1. The molecule has 0 aromatic carbocycles. The Bertz CT molecular complexity index is 233. The van der Waals surface area contributed by atoms with Crippen LogP contribution in [0, 0.1) is 0 Å². The van der Waals surface area contributed by atoms with Gasteiger partial charge in [0.1, 0.15) is 5.83 Å². The lowest BCUT2D eigenvalue weighted by Crippen LogP contribution is -2.32. The van der Waals surface area contributed by atoms with Crippen LogP contribution in [-0.2, 0) is 4.79 Å². The summed E-state index contributed by atoms with van der Waals surface area (Å²) in [5, 5.41) is 2.71. The van der Waals surface area contributed by atoms with Crippen LogP contribution in [0.25, 0.3) is 0 Å². The second-order valence-corrected chi connectivity index (χ2v) is 3.72. The minimum atomic E-state index is -0.229. The second-order valence-electron chi connectivity index (χ2n) is 3.72. The lowest BCUT2D eigenvalue weighted by molar-refractivity contribution is -0.118. The van der Waals surface area contributed by atoms with Gasteiger partial charge in [0.25, 0.3) is 0 Å². The van der Waals surface area contributed by atoms with Gasteiger partial charge >= 0.3 is 0 Å². The Hall–Kier alpha value is -0.860. The lowest BCUT2D eigenvalue weighted by atomic mass is 9.98. The first kappa shape index (κ1) is 10.2. The van der Waals surface area contributed by atoms with Gasteiger partial charge in [-0.1, -0.05) is 0 Å². The van der Waals surface area contributed by atoms with E-state index in [0.717, 1.165) is 12.8 Å². The van der Waals surface area contributed by atoms with Crippen molar-refractivity contribution in [3.63, 3.8) is 0 Å². The van der Waals surface area contributed by atoms with Gasteiger partial charge in [-0.2, -0.15) is 0 Å². The molecule has 0 saturated carbocycles. The van der Waals surface area contributed by atoms with E-state index in [0.29, 0.717) is 18.4 Å². The first-order chi connectivity index (χ1) is 6.11. The van der Waals surface area contributed by atoms with Crippen LogP contribution in [0.4, 0.5) is 4.39 Å². The van der Waals surface area contributed by atoms with Gasteiger partial charge in [0, 0.05) is 11.6 Å². The molecule has 3 heteroatoms. The fourth-order valence-corrected chi connectivity index (χ4v) is 1.45. The average molecular weight is 185 g/mol. The number of amides is 1. The minimum absolute atomic E-state index is 0.0785. The minimum Gasteiger partial charge on any atom is -0.350 e. The van der Waals surface area contributed by atoms with Crippen molar-refractivity contribution in [3.8, 4) is 0 Å². The van der Waals surface area contributed by atoms with Crippen LogP contribution in [0.15, 0.2) is 11.4 Å². The van der Waals surface area contributed by atoms with Crippen molar-refractivity contribution in [2.75, 3.05) is 0 Å². The summed E-state index contributed by atoms with van der Waals surface area (Å²) in [6.45, 7) is 3.75.